The number of carboxylic acid groups (broad SMARTS) is 1. The lowest BCUT2D eigenvalue weighted by atomic mass is 9.68. The van der Waals surface area contributed by atoms with Crippen molar-refractivity contribution in [3.05, 3.63) is 23.3 Å². The summed E-state index contributed by atoms with van der Waals surface area (Å²) in [5, 5.41) is 32.0. The van der Waals surface area contributed by atoms with E-state index < -0.39 is 18.5 Å². The van der Waals surface area contributed by atoms with E-state index in [-0.39, 0.29) is 41.1 Å². The Labute approximate surface area is 179 Å². The second-order valence-electron chi connectivity index (χ2n) is 9.03. The standard InChI is InChI=1S/C20H26BN2O8/c1-22-4-5-29-11(8-22)6-17(24)23-9-12(10-23)30-16-3-2-13-14-7-15(14)21(27,28)31-19(13)18(16)20(25)26/h2-3,11-12,14-15,27-28H,4-10H2,1H3,(H,25,26)/q-1/p-1/t11-,14-,15-/m1/s1. The molecule has 1 amide bonds. The largest absolute Gasteiger partial charge is 0.669 e. The van der Waals surface area contributed by atoms with Crippen LogP contribution in [-0.4, -0.2) is 90.5 Å². The van der Waals surface area contributed by atoms with Crippen LogP contribution in [0.1, 0.15) is 34.7 Å². The van der Waals surface area contributed by atoms with Gasteiger partial charge >= 0.3 is 6.75 Å². The van der Waals surface area contributed by atoms with Crippen molar-refractivity contribution in [1.82, 2.24) is 9.80 Å². The number of nitrogens with zero attached hydrogens (tertiary/aromatic N) is 2. The fraction of sp³-hybridized carbons (Fsp3) is 0.600. The van der Waals surface area contributed by atoms with Crippen molar-refractivity contribution in [2.75, 3.05) is 39.8 Å². The van der Waals surface area contributed by atoms with Gasteiger partial charge in [0.05, 0.1) is 49.5 Å². The van der Waals surface area contributed by atoms with Crippen LogP contribution in [-0.2, 0) is 9.53 Å². The predicted molar refractivity (Wildman–Crippen MR) is 106 cm³/mol. The quantitative estimate of drug-likeness (QED) is 0.536. The normalized spacial score (nSPS) is 29.3. The van der Waals surface area contributed by atoms with Gasteiger partial charge in [0.15, 0.2) is 0 Å². The fourth-order valence-corrected chi connectivity index (χ4v) is 4.81. The first-order valence-corrected chi connectivity index (χ1v) is 10.6. The van der Waals surface area contributed by atoms with E-state index in [1.54, 1.807) is 17.0 Å². The summed E-state index contributed by atoms with van der Waals surface area (Å²) in [4.78, 5) is 28.1. The summed E-state index contributed by atoms with van der Waals surface area (Å²) in [6.07, 6.45) is 0.339. The van der Waals surface area contributed by atoms with Crippen molar-refractivity contribution < 1.29 is 38.9 Å². The third-order valence-electron chi connectivity index (χ3n) is 6.68. The van der Waals surface area contributed by atoms with Crippen molar-refractivity contribution in [3.8, 4) is 11.5 Å². The molecule has 1 aliphatic carbocycles. The average molecular weight is 432 g/mol. The van der Waals surface area contributed by atoms with E-state index in [0.29, 0.717) is 44.6 Å². The first-order valence-electron chi connectivity index (χ1n) is 10.6. The Hall–Kier alpha value is -2.34. The topological polar surface area (TPSA) is 132 Å². The molecule has 2 N–H and O–H groups in total. The van der Waals surface area contributed by atoms with Gasteiger partial charge in [-0.3, -0.25) is 4.79 Å². The zero-order valence-corrected chi connectivity index (χ0v) is 17.2. The van der Waals surface area contributed by atoms with E-state index in [2.05, 4.69) is 4.90 Å². The van der Waals surface area contributed by atoms with Gasteiger partial charge < -0.3 is 43.9 Å². The van der Waals surface area contributed by atoms with Crippen LogP contribution in [0, 0.1) is 0 Å². The molecule has 1 aromatic rings. The number of ether oxygens (including phenoxy) is 2. The number of hydrogen-bond acceptors (Lipinski definition) is 9. The fourth-order valence-electron chi connectivity index (χ4n) is 4.81. The Kier molecular flexibility index (Phi) is 4.89. The minimum Gasteiger partial charge on any atom is -0.669 e. The first kappa shape index (κ1) is 20.6. The van der Waals surface area contributed by atoms with Gasteiger partial charge in [-0.25, -0.2) is 0 Å². The summed E-state index contributed by atoms with van der Waals surface area (Å²) < 4.78 is 16.7. The van der Waals surface area contributed by atoms with Crippen molar-refractivity contribution in [1.29, 1.82) is 0 Å². The number of carboxylic acids is 1. The zero-order chi connectivity index (χ0) is 21.9. The summed E-state index contributed by atoms with van der Waals surface area (Å²) in [5.74, 6) is -2.13. The van der Waals surface area contributed by atoms with Crippen molar-refractivity contribution in [2.24, 2.45) is 0 Å². The van der Waals surface area contributed by atoms with Crippen LogP contribution in [0.4, 0.5) is 0 Å². The molecular formula is C20H25BN2O8-2. The minimum atomic E-state index is -3.11. The van der Waals surface area contributed by atoms with E-state index in [4.69, 9.17) is 14.1 Å². The summed E-state index contributed by atoms with van der Waals surface area (Å²) in [5.41, 5.74) is 0.306. The third kappa shape index (κ3) is 3.75. The number of morpholine rings is 1. The maximum atomic E-state index is 12.5. The number of fused-ring (bicyclic) bond motifs is 3. The van der Waals surface area contributed by atoms with Crippen LogP contribution < -0.4 is 14.5 Å². The van der Waals surface area contributed by atoms with E-state index in [1.807, 2.05) is 7.05 Å². The molecule has 2 saturated heterocycles. The lowest BCUT2D eigenvalue weighted by molar-refractivity contribution is -0.255. The van der Waals surface area contributed by atoms with Crippen LogP contribution in [0.25, 0.3) is 0 Å². The molecule has 3 fully saturated rings. The molecule has 10 nitrogen and oxygen atoms in total. The van der Waals surface area contributed by atoms with Gasteiger partial charge in [-0.05, 0) is 24.6 Å². The molecule has 168 valence electrons. The molecule has 0 spiro atoms. The Morgan fingerprint density at radius 2 is 2.06 bits per heavy atom. The van der Waals surface area contributed by atoms with Gasteiger partial charge in [0.25, 0.3) is 0 Å². The highest BCUT2D eigenvalue weighted by Gasteiger charge is 2.55. The Bertz CT molecular complexity index is 919. The molecule has 4 aliphatic rings. The Balaban J connectivity index is 1.24. The smallest absolute Gasteiger partial charge is 0.434 e. The lowest BCUT2D eigenvalue weighted by Crippen LogP contribution is -2.57. The van der Waals surface area contributed by atoms with Gasteiger partial charge in [0.1, 0.15) is 11.9 Å². The molecule has 0 bridgehead atoms. The number of aromatic carboxylic acids is 1. The molecule has 0 unspecified atom stereocenters. The Morgan fingerprint density at radius 3 is 2.77 bits per heavy atom. The number of carbonyl (C=O) groups is 2. The van der Waals surface area contributed by atoms with Crippen molar-refractivity contribution in [2.45, 2.75) is 36.8 Å². The molecule has 0 aromatic heterocycles. The van der Waals surface area contributed by atoms with Gasteiger partial charge in [-0.15, -0.1) is 0 Å². The summed E-state index contributed by atoms with van der Waals surface area (Å²) in [7, 11) is 1.99. The van der Waals surface area contributed by atoms with Gasteiger partial charge in [0, 0.05) is 13.1 Å². The van der Waals surface area contributed by atoms with E-state index >= 15 is 0 Å². The highest BCUT2D eigenvalue weighted by molar-refractivity contribution is 6.62. The predicted octanol–water partition coefficient (Wildman–Crippen LogP) is -1.47. The monoisotopic (exact) mass is 432 g/mol. The number of hydrogen-bond donors (Lipinski definition) is 2. The molecule has 3 heterocycles. The minimum absolute atomic E-state index is 0.0260. The molecule has 3 atom stereocenters. The molecule has 1 aromatic carbocycles. The molecule has 1 saturated carbocycles. The Morgan fingerprint density at radius 1 is 1.29 bits per heavy atom. The molecule has 0 radical (unpaired) electrons. The number of likely N-dealkylation sites (tertiary alicyclic amines) is 1. The number of rotatable bonds is 5. The van der Waals surface area contributed by atoms with E-state index in [1.165, 1.54) is 0 Å². The van der Waals surface area contributed by atoms with Crippen LogP contribution in [0.5, 0.6) is 11.5 Å². The molecule has 11 heteroatoms. The summed E-state index contributed by atoms with van der Waals surface area (Å²) in [6, 6.07) is 3.25. The SMILES string of the molecule is CN1CCO[C@H](CC(=O)N2CC(Oc3ccc4c(c3C(=O)[O-])O[B-](O)(O)[C@@H]3C[C@H]43)C2)C1. The summed E-state index contributed by atoms with van der Waals surface area (Å²) >= 11 is 0. The number of amides is 1. The number of benzene rings is 1. The third-order valence-corrected chi connectivity index (χ3v) is 6.68. The molecule has 3 aliphatic heterocycles. The zero-order valence-electron chi connectivity index (χ0n) is 17.2. The molecule has 31 heavy (non-hydrogen) atoms. The first-order chi connectivity index (χ1) is 14.7. The van der Waals surface area contributed by atoms with E-state index in [0.717, 1.165) is 6.54 Å². The molecule has 5 rings (SSSR count). The number of carbonyl (C=O) groups excluding carboxylic acids is 2. The lowest BCUT2D eigenvalue weighted by Gasteiger charge is -2.41. The van der Waals surface area contributed by atoms with Crippen molar-refractivity contribution >= 4 is 18.6 Å². The van der Waals surface area contributed by atoms with Gasteiger partial charge in [-0.1, -0.05) is 18.3 Å². The van der Waals surface area contributed by atoms with Crippen LogP contribution >= 0.6 is 0 Å². The summed E-state index contributed by atoms with van der Waals surface area (Å²) in [6.45, 7) is -0.261. The van der Waals surface area contributed by atoms with Gasteiger partial charge in [-0.2, -0.15) is 0 Å². The van der Waals surface area contributed by atoms with Crippen LogP contribution in [0.15, 0.2) is 12.1 Å². The second-order valence-corrected chi connectivity index (χ2v) is 9.03. The highest BCUT2D eigenvalue weighted by Crippen LogP contribution is 2.63. The second kappa shape index (κ2) is 7.37. The van der Waals surface area contributed by atoms with Gasteiger partial charge in [0.2, 0.25) is 5.91 Å². The number of likely N-dealkylation sites (N-methyl/N-ethyl adjacent to an activating group) is 1. The van der Waals surface area contributed by atoms with Crippen molar-refractivity contribution in [3.63, 3.8) is 0 Å². The highest BCUT2D eigenvalue weighted by atomic mass is 16.6. The van der Waals surface area contributed by atoms with Crippen LogP contribution in [0.2, 0.25) is 5.82 Å². The van der Waals surface area contributed by atoms with E-state index in [9.17, 15) is 24.7 Å². The van der Waals surface area contributed by atoms with Crippen LogP contribution in [0.3, 0.4) is 0 Å². The average Bonchev–Trinajstić information content (AvgIpc) is 3.45. The molecular weight excluding hydrogens is 407 g/mol. The maximum absolute atomic E-state index is 12.5. The maximum Gasteiger partial charge on any atom is 0.434 e.